The molecule has 8 heteroatoms. The highest BCUT2D eigenvalue weighted by molar-refractivity contribution is 14.1. The monoisotopic (exact) mass is 702 g/mol. The number of halogens is 4. The molecule has 3 aromatic carbocycles. The Bertz CT molecular complexity index is 1220. The lowest BCUT2D eigenvalue weighted by atomic mass is 10.1. The summed E-state index contributed by atoms with van der Waals surface area (Å²) in [6.07, 6.45) is 1.58. The molecule has 3 aromatic rings. The maximum absolute atomic E-state index is 12.7. The van der Waals surface area contributed by atoms with Crippen molar-refractivity contribution in [1.82, 2.24) is 5.32 Å². The minimum absolute atomic E-state index is 0.0333. The summed E-state index contributed by atoms with van der Waals surface area (Å²) in [7, 11) is 0. The molecule has 0 bridgehead atoms. The molecule has 0 heterocycles. The van der Waals surface area contributed by atoms with E-state index in [1.165, 1.54) is 0 Å². The minimum atomic E-state index is -0.420. The highest BCUT2D eigenvalue weighted by Gasteiger charge is 2.15. The summed E-state index contributed by atoms with van der Waals surface area (Å²) in [5.41, 5.74) is 2.56. The fourth-order valence-corrected chi connectivity index (χ4v) is 5.59. The van der Waals surface area contributed by atoms with Crippen LogP contribution in [-0.2, 0) is 11.4 Å². The van der Waals surface area contributed by atoms with Crippen LogP contribution in [0.3, 0.4) is 0 Å². The average Bonchev–Trinajstić information content (AvgIpc) is 2.78. The predicted octanol–water partition coefficient (Wildman–Crippen LogP) is 7.57. The van der Waals surface area contributed by atoms with Crippen molar-refractivity contribution in [3.8, 4) is 11.8 Å². The normalized spacial score (nSPS) is 12.1. The Morgan fingerprint density at radius 3 is 2.39 bits per heavy atom. The van der Waals surface area contributed by atoms with E-state index < -0.39 is 5.91 Å². The third-order valence-corrected chi connectivity index (χ3v) is 6.92. The molecule has 0 aliphatic heterocycles. The molecule has 0 fully saturated rings. The highest BCUT2D eigenvalue weighted by Crippen LogP contribution is 2.31. The fraction of sp³-hybridized carbons (Fsp3) is 0.120. The molecule has 0 aromatic heterocycles. The van der Waals surface area contributed by atoms with E-state index in [1.54, 1.807) is 18.2 Å². The number of hydrogen-bond donors (Lipinski definition) is 1. The van der Waals surface area contributed by atoms with E-state index in [4.69, 9.17) is 27.9 Å². The van der Waals surface area contributed by atoms with E-state index >= 15 is 0 Å². The number of nitrogens with one attached hydrogen (secondary N) is 1. The molecule has 1 atom stereocenters. The van der Waals surface area contributed by atoms with Crippen LogP contribution in [0.4, 0.5) is 0 Å². The van der Waals surface area contributed by atoms with E-state index in [0.29, 0.717) is 22.4 Å². The predicted molar refractivity (Wildman–Crippen MR) is 149 cm³/mol. The van der Waals surface area contributed by atoms with Crippen molar-refractivity contribution >= 4 is 80.4 Å². The first-order valence-electron chi connectivity index (χ1n) is 9.82. The standard InChI is InChI=1S/C25H18Cl2I2N2O2/c1-15(17-5-3-2-4-6-17)31-25(32)19(13-30)9-16-10-22(28)24(23(29)11-16)33-14-18-7-8-20(26)12-21(18)27/h2-12,15H,14H2,1H3,(H,31,32)/b19-9-/t15-/m0/s1. The molecule has 4 nitrogen and oxygen atoms in total. The third kappa shape index (κ3) is 7.09. The summed E-state index contributed by atoms with van der Waals surface area (Å²) in [4.78, 5) is 12.7. The number of benzene rings is 3. The van der Waals surface area contributed by atoms with Crippen LogP contribution in [0.15, 0.2) is 66.2 Å². The summed E-state index contributed by atoms with van der Waals surface area (Å²) in [5, 5.41) is 13.5. The molecule has 0 saturated heterocycles. The molecule has 0 saturated carbocycles. The van der Waals surface area contributed by atoms with Crippen LogP contribution in [-0.4, -0.2) is 5.91 Å². The smallest absolute Gasteiger partial charge is 0.262 e. The van der Waals surface area contributed by atoms with Gasteiger partial charge in [0.25, 0.3) is 5.91 Å². The molecular weight excluding hydrogens is 685 g/mol. The molecule has 168 valence electrons. The minimum Gasteiger partial charge on any atom is -0.487 e. The van der Waals surface area contributed by atoms with Crippen molar-refractivity contribution in [1.29, 1.82) is 5.26 Å². The van der Waals surface area contributed by atoms with Gasteiger partial charge in [0.15, 0.2) is 0 Å². The summed E-state index contributed by atoms with van der Waals surface area (Å²) >= 11 is 16.5. The van der Waals surface area contributed by atoms with Gasteiger partial charge in [-0.3, -0.25) is 4.79 Å². The quantitative estimate of drug-likeness (QED) is 0.157. The molecular formula is C25H18Cl2I2N2O2. The van der Waals surface area contributed by atoms with Crippen LogP contribution in [0.1, 0.15) is 29.7 Å². The van der Waals surface area contributed by atoms with Crippen LogP contribution >= 0.6 is 68.4 Å². The molecule has 3 rings (SSSR count). The van der Waals surface area contributed by atoms with Gasteiger partial charge >= 0.3 is 0 Å². The lowest BCUT2D eigenvalue weighted by molar-refractivity contribution is -0.117. The van der Waals surface area contributed by atoms with Gasteiger partial charge in [-0.2, -0.15) is 5.26 Å². The van der Waals surface area contributed by atoms with E-state index in [0.717, 1.165) is 23.8 Å². The van der Waals surface area contributed by atoms with E-state index in [9.17, 15) is 10.1 Å². The van der Waals surface area contributed by atoms with Crippen LogP contribution in [0.2, 0.25) is 10.0 Å². The summed E-state index contributed by atoms with van der Waals surface area (Å²) in [6, 6.07) is 20.4. The van der Waals surface area contributed by atoms with Gasteiger partial charge in [0.2, 0.25) is 0 Å². The zero-order valence-corrected chi connectivity index (χ0v) is 23.2. The molecule has 0 aliphatic carbocycles. The number of nitrogens with zero attached hydrogens (tertiary/aromatic N) is 1. The van der Waals surface area contributed by atoms with Crippen molar-refractivity contribution < 1.29 is 9.53 Å². The van der Waals surface area contributed by atoms with Gasteiger partial charge in [0.1, 0.15) is 24.0 Å². The van der Waals surface area contributed by atoms with Gasteiger partial charge in [-0.15, -0.1) is 0 Å². The Balaban J connectivity index is 1.75. The van der Waals surface area contributed by atoms with Crippen molar-refractivity contribution in [3.63, 3.8) is 0 Å². The van der Waals surface area contributed by atoms with Gasteiger partial charge in [0, 0.05) is 15.6 Å². The van der Waals surface area contributed by atoms with Gasteiger partial charge in [-0.1, -0.05) is 59.6 Å². The first kappa shape index (κ1) is 25.8. The number of hydrogen-bond acceptors (Lipinski definition) is 3. The second-order valence-electron chi connectivity index (χ2n) is 7.11. The van der Waals surface area contributed by atoms with Crippen LogP contribution in [0, 0.1) is 18.5 Å². The molecule has 0 radical (unpaired) electrons. The Hall–Kier alpha value is -1.80. The number of carbonyl (C=O) groups excluding carboxylic acids is 1. The van der Waals surface area contributed by atoms with Crippen LogP contribution < -0.4 is 10.1 Å². The number of rotatable bonds is 7. The zero-order chi connectivity index (χ0) is 24.0. The number of ether oxygens (including phenoxy) is 1. The maximum atomic E-state index is 12.7. The third-order valence-electron chi connectivity index (χ3n) is 4.73. The molecule has 1 amide bonds. The maximum Gasteiger partial charge on any atom is 0.262 e. The van der Waals surface area contributed by atoms with Crippen LogP contribution in [0.5, 0.6) is 5.75 Å². The summed E-state index contributed by atoms with van der Waals surface area (Å²) < 4.78 is 7.71. The van der Waals surface area contributed by atoms with Crippen LogP contribution in [0.25, 0.3) is 6.08 Å². The van der Waals surface area contributed by atoms with E-state index in [2.05, 4.69) is 50.5 Å². The Morgan fingerprint density at radius 2 is 1.79 bits per heavy atom. The zero-order valence-electron chi connectivity index (χ0n) is 17.4. The Kier molecular flexibility index (Phi) is 9.44. The van der Waals surface area contributed by atoms with Crippen molar-refractivity contribution in [3.05, 3.63) is 100 Å². The molecule has 0 spiro atoms. The lowest BCUT2D eigenvalue weighted by Crippen LogP contribution is -2.27. The summed E-state index contributed by atoms with van der Waals surface area (Å²) in [6.45, 7) is 2.17. The fourth-order valence-electron chi connectivity index (χ4n) is 3.00. The molecule has 0 aliphatic rings. The Labute approximate surface area is 230 Å². The number of nitriles is 1. The topological polar surface area (TPSA) is 62.1 Å². The Morgan fingerprint density at radius 1 is 1.12 bits per heavy atom. The highest BCUT2D eigenvalue weighted by atomic mass is 127. The second kappa shape index (κ2) is 12.1. The molecule has 33 heavy (non-hydrogen) atoms. The van der Waals surface area contributed by atoms with E-state index in [-0.39, 0.29) is 11.6 Å². The van der Waals surface area contributed by atoms with Gasteiger partial charge in [-0.05, 0) is 93.6 Å². The van der Waals surface area contributed by atoms with Crippen molar-refractivity contribution in [2.24, 2.45) is 0 Å². The first-order chi connectivity index (χ1) is 15.8. The number of amides is 1. The molecule has 1 N–H and O–H groups in total. The van der Waals surface area contributed by atoms with Crippen molar-refractivity contribution in [2.45, 2.75) is 19.6 Å². The largest absolute Gasteiger partial charge is 0.487 e. The lowest BCUT2D eigenvalue weighted by Gasteiger charge is -2.14. The SMILES string of the molecule is C[C@H](NC(=O)/C(C#N)=C\c1cc(I)c(OCc2ccc(Cl)cc2Cl)c(I)c1)c1ccccc1. The van der Waals surface area contributed by atoms with Gasteiger partial charge in [-0.25, -0.2) is 0 Å². The first-order valence-corrected chi connectivity index (χ1v) is 12.7. The average molecular weight is 703 g/mol. The summed E-state index contributed by atoms with van der Waals surface area (Å²) in [5.74, 6) is 0.289. The second-order valence-corrected chi connectivity index (χ2v) is 10.3. The van der Waals surface area contributed by atoms with Gasteiger partial charge in [0.05, 0.1) is 13.2 Å². The van der Waals surface area contributed by atoms with Gasteiger partial charge < -0.3 is 10.1 Å². The number of carbonyl (C=O) groups is 1. The van der Waals surface area contributed by atoms with E-state index in [1.807, 2.05) is 61.5 Å². The van der Waals surface area contributed by atoms with Crippen molar-refractivity contribution in [2.75, 3.05) is 0 Å². The molecule has 0 unspecified atom stereocenters.